The predicted octanol–water partition coefficient (Wildman–Crippen LogP) is -2.12. The molecule has 0 aliphatic carbocycles. The number of hydrogen-bond acceptors (Lipinski definition) is 0. The Kier molecular flexibility index (Phi) is 689000. The molecule has 0 saturated heterocycles. The summed E-state index contributed by atoms with van der Waals surface area (Å²) in [6, 6.07) is 0. The van der Waals surface area contributed by atoms with Crippen molar-refractivity contribution in [2.24, 2.45) is 0 Å². The predicted molar refractivity (Wildman–Crippen MR) is 29.8 cm³/mol. The molecule has 0 amide bonds. The van der Waals surface area contributed by atoms with Crippen molar-refractivity contribution in [2.75, 3.05) is 0 Å². The molecule has 0 atom stereocenters. The van der Waals surface area contributed by atoms with Crippen molar-refractivity contribution in [3.63, 3.8) is 0 Å². The Labute approximate surface area is 33.2 Å². The molecule has 0 unspecified atom stereocenters. The average molecular weight is 88.3 g/mol. The van der Waals surface area contributed by atoms with E-state index in [2.05, 4.69) is 12.8 Å². The summed E-state index contributed by atoms with van der Waals surface area (Å²) in [5.74, 6) is 0. The van der Waals surface area contributed by atoms with Crippen LogP contribution in [0.2, 0.25) is 0 Å². The van der Waals surface area contributed by atoms with Gasteiger partial charge in [0.2, 0.25) is 0 Å². The molecule has 0 aromatic carbocycles. The molecule has 0 N–H and O–H groups in total. The normalized spacial score (nSPS) is 3.50. The summed E-state index contributed by atoms with van der Waals surface area (Å²) in [5.41, 5.74) is 0. The van der Waals surface area contributed by atoms with Gasteiger partial charge >= 0.3 is 0 Å². The molecular formula is C2H8Si2. The van der Waals surface area contributed by atoms with Gasteiger partial charge in [0.05, 0.1) is 0 Å². The SMILES string of the molecule is C#C.[SiH3][SiH3]. The maximum atomic E-state index is 4.00. The van der Waals surface area contributed by atoms with Gasteiger partial charge in [-0.2, -0.15) is 0 Å². The van der Waals surface area contributed by atoms with Crippen LogP contribution in [0.5, 0.6) is 0 Å². The molecule has 0 saturated carbocycles. The Morgan fingerprint density at radius 1 is 1.00 bits per heavy atom. The van der Waals surface area contributed by atoms with Gasteiger partial charge in [-0.25, -0.2) is 0 Å². The van der Waals surface area contributed by atoms with Crippen LogP contribution in [0.15, 0.2) is 0 Å². The van der Waals surface area contributed by atoms with E-state index in [1.807, 2.05) is 0 Å². The average Bonchev–Trinajstić information content (AvgIpc) is 1.50. The van der Waals surface area contributed by atoms with Crippen LogP contribution in [0.4, 0.5) is 0 Å². The van der Waals surface area contributed by atoms with Gasteiger partial charge in [-0.05, 0) is 19.5 Å². The third-order valence-electron chi connectivity index (χ3n) is 0. The fourth-order valence-corrected chi connectivity index (χ4v) is 0. The first kappa shape index (κ1) is 9.00. The minimum absolute atomic E-state index is 1.44. The lowest BCUT2D eigenvalue weighted by molar-refractivity contribution is 3.31. The smallest absolute Gasteiger partial charge is 0.0125 e. The molecule has 24 valence electrons. The molecule has 0 aliphatic rings. The van der Waals surface area contributed by atoms with Gasteiger partial charge < -0.3 is 0 Å². The molecule has 0 aromatic rings. The van der Waals surface area contributed by atoms with Gasteiger partial charge in [-0.3, -0.25) is 0 Å². The molecule has 0 radical (unpaired) electrons. The van der Waals surface area contributed by atoms with Crippen molar-refractivity contribution in [1.29, 1.82) is 0 Å². The third-order valence-corrected chi connectivity index (χ3v) is 0. The van der Waals surface area contributed by atoms with Gasteiger partial charge in [0.1, 0.15) is 0 Å². The van der Waals surface area contributed by atoms with Gasteiger partial charge in [0, 0.05) is 0 Å². The molecule has 0 fully saturated rings. The standard InChI is InChI=1S/C2H2.H6Si2/c2*1-2/h1-2H;1-2H3. The van der Waals surface area contributed by atoms with Crippen LogP contribution in [-0.4, -0.2) is 19.5 Å². The first-order chi connectivity index (χ1) is 2.00. The van der Waals surface area contributed by atoms with E-state index < -0.39 is 0 Å². The molecule has 0 rings (SSSR count). The van der Waals surface area contributed by atoms with E-state index in [-0.39, 0.29) is 0 Å². The van der Waals surface area contributed by atoms with E-state index in [1.54, 1.807) is 0 Å². The van der Waals surface area contributed by atoms with Crippen LogP contribution >= 0.6 is 0 Å². The second kappa shape index (κ2) is 306000. The molecule has 0 aliphatic heterocycles. The Morgan fingerprint density at radius 3 is 1.00 bits per heavy atom. The molecule has 0 heterocycles. The van der Waals surface area contributed by atoms with Gasteiger partial charge in [-0.1, -0.05) is 0 Å². The van der Waals surface area contributed by atoms with E-state index in [1.165, 1.54) is 19.5 Å². The van der Waals surface area contributed by atoms with Crippen LogP contribution in [0.1, 0.15) is 0 Å². The number of terminal acetylenes is 1. The molecule has 0 spiro atoms. The Hall–Kier alpha value is -0.00623. The van der Waals surface area contributed by atoms with Gasteiger partial charge in [0.25, 0.3) is 0 Å². The lowest BCUT2D eigenvalue weighted by Gasteiger charge is -1.01. The Morgan fingerprint density at radius 2 is 1.00 bits per heavy atom. The van der Waals surface area contributed by atoms with Crippen LogP contribution in [-0.2, 0) is 0 Å². The minimum Gasteiger partial charge on any atom is -0.124 e. The summed E-state index contributed by atoms with van der Waals surface area (Å²) in [7, 11) is 2.89. The van der Waals surface area contributed by atoms with E-state index in [0.29, 0.717) is 0 Å². The first-order valence-corrected chi connectivity index (χ1v) is 9.33. The summed E-state index contributed by atoms with van der Waals surface area (Å²) in [6.07, 6.45) is 8.00. The van der Waals surface area contributed by atoms with Crippen molar-refractivity contribution in [2.45, 2.75) is 0 Å². The van der Waals surface area contributed by atoms with E-state index >= 15 is 0 Å². The highest BCUT2D eigenvalue weighted by Gasteiger charge is 0.988. The highest BCUT2D eigenvalue weighted by Crippen LogP contribution is 0.619. The quantitative estimate of drug-likeness (QED) is 0.235. The topological polar surface area (TPSA) is 0 Å². The van der Waals surface area contributed by atoms with Crippen LogP contribution in [0.25, 0.3) is 0 Å². The second-order valence-electron chi connectivity index (χ2n) is 0. The lowest BCUT2D eigenvalue weighted by Crippen LogP contribution is -1.38. The molecule has 0 aromatic heterocycles. The first-order valence-electron chi connectivity index (χ1n) is 1.33. The molecule has 2 heteroatoms. The minimum atomic E-state index is 1.44. The summed E-state index contributed by atoms with van der Waals surface area (Å²) in [5, 5.41) is 0. The third kappa shape index (κ3) is 50700. The van der Waals surface area contributed by atoms with E-state index in [9.17, 15) is 0 Å². The van der Waals surface area contributed by atoms with Crippen molar-refractivity contribution in [1.82, 2.24) is 0 Å². The molecular weight excluding hydrogens is 80.2 g/mol. The molecule has 0 bridgehead atoms. The van der Waals surface area contributed by atoms with E-state index in [4.69, 9.17) is 0 Å². The Bertz CT molecular complexity index is 8.75. The fourth-order valence-electron chi connectivity index (χ4n) is 0. The van der Waals surface area contributed by atoms with Gasteiger partial charge in [-0.15, -0.1) is 12.8 Å². The Balaban J connectivity index is 0. The maximum absolute atomic E-state index is 4.00. The fraction of sp³-hybridized carbons (Fsp3) is 0. The zero-order chi connectivity index (χ0) is 4.00. The highest BCUT2D eigenvalue weighted by molar-refractivity contribution is 6.75. The van der Waals surface area contributed by atoms with Gasteiger partial charge in [0.15, 0.2) is 0 Å². The number of rotatable bonds is 0. The summed E-state index contributed by atoms with van der Waals surface area (Å²) in [6.45, 7) is 0. The highest BCUT2D eigenvalue weighted by atomic mass is 29.1. The zero-order valence-corrected chi connectivity index (χ0v) is 7.15. The van der Waals surface area contributed by atoms with Crippen LogP contribution in [0, 0.1) is 12.8 Å². The maximum Gasteiger partial charge on any atom is -0.0125 e. The van der Waals surface area contributed by atoms with Crippen molar-refractivity contribution in [3.8, 4) is 12.8 Å². The molecule has 4 heavy (non-hydrogen) atoms. The largest absolute Gasteiger partial charge is 0.124 e. The monoisotopic (exact) mass is 88.0 g/mol. The van der Waals surface area contributed by atoms with Crippen molar-refractivity contribution in [3.05, 3.63) is 0 Å². The van der Waals surface area contributed by atoms with Crippen molar-refractivity contribution < 1.29 is 0 Å². The summed E-state index contributed by atoms with van der Waals surface area (Å²) >= 11 is 0. The van der Waals surface area contributed by atoms with Crippen molar-refractivity contribution >= 4 is 19.5 Å². The summed E-state index contributed by atoms with van der Waals surface area (Å²) < 4.78 is 0. The lowest BCUT2D eigenvalue weighted by atomic mass is 11.4. The second-order valence-corrected chi connectivity index (χ2v) is 0. The van der Waals surface area contributed by atoms with E-state index in [0.717, 1.165) is 0 Å². The van der Waals surface area contributed by atoms with Crippen LogP contribution in [0.3, 0.4) is 0 Å². The summed E-state index contributed by atoms with van der Waals surface area (Å²) in [4.78, 5) is 0. The number of hydrogen-bond donors (Lipinski definition) is 0. The zero-order valence-electron chi connectivity index (χ0n) is 3.15. The molecule has 0 nitrogen and oxygen atoms in total. The van der Waals surface area contributed by atoms with Crippen LogP contribution < -0.4 is 0 Å².